The van der Waals surface area contributed by atoms with Crippen molar-refractivity contribution in [3.05, 3.63) is 0 Å². The average Bonchev–Trinajstić information content (AvgIpc) is 2.29. The van der Waals surface area contributed by atoms with Gasteiger partial charge in [-0.2, -0.15) is 0 Å². The molecule has 0 spiro atoms. The first-order valence-corrected chi connectivity index (χ1v) is 3.79. The summed E-state index contributed by atoms with van der Waals surface area (Å²) in [5, 5.41) is 0. The highest BCUT2D eigenvalue weighted by atomic mass is 16.2. The molecule has 1 aliphatic rings. The zero-order valence-electron chi connectivity index (χ0n) is 6.52. The summed E-state index contributed by atoms with van der Waals surface area (Å²) in [6.45, 7) is 1.90. The van der Waals surface area contributed by atoms with E-state index in [4.69, 9.17) is 0 Å². The smallest absolute Gasteiger partial charge is 0.155 e. The second kappa shape index (κ2) is 3.34. The third-order valence-corrected chi connectivity index (χ3v) is 1.68. The maximum atomic E-state index is 11.0. The minimum Gasteiger partial charge on any atom is -0.298 e. The van der Waals surface area contributed by atoms with Crippen LogP contribution in [0.5, 0.6) is 0 Å². The SMILES string of the molecule is CCC#CC1C(=O)CCC1=O. The summed E-state index contributed by atoms with van der Waals surface area (Å²) in [5.74, 6) is 4.85. The van der Waals surface area contributed by atoms with Crippen LogP contribution in [0, 0.1) is 17.8 Å². The first-order chi connectivity index (χ1) is 5.25. The number of carbonyl (C=O) groups is 2. The van der Waals surface area contributed by atoms with Crippen LogP contribution in [-0.2, 0) is 9.59 Å². The zero-order valence-corrected chi connectivity index (χ0v) is 6.52. The van der Waals surface area contributed by atoms with Crippen molar-refractivity contribution < 1.29 is 9.59 Å². The Kier molecular flexibility index (Phi) is 2.43. The van der Waals surface area contributed by atoms with Gasteiger partial charge in [-0.05, 0) is 0 Å². The van der Waals surface area contributed by atoms with E-state index in [0.717, 1.165) is 0 Å². The van der Waals surface area contributed by atoms with Crippen molar-refractivity contribution >= 4 is 11.6 Å². The third kappa shape index (κ3) is 1.68. The van der Waals surface area contributed by atoms with Gasteiger partial charge in [0.05, 0.1) is 0 Å². The Morgan fingerprint density at radius 2 is 1.91 bits per heavy atom. The van der Waals surface area contributed by atoms with Crippen molar-refractivity contribution in [2.45, 2.75) is 26.2 Å². The maximum Gasteiger partial charge on any atom is 0.155 e. The molecule has 1 saturated carbocycles. The molecule has 0 amide bonds. The summed E-state index contributed by atoms with van der Waals surface area (Å²) in [6.07, 6.45) is 1.49. The van der Waals surface area contributed by atoms with E-state index in [2.05, 4.69) is 11.8 Å². The number of hydrogen-bond donors (Lipinski definition) is 0. The number of carbonyl (C=O) groups excluding carboxylic acids is 2. The van der Waals surface area contributed by atoms with Crippen LogP contribution >= 0.6 is 0 Å². The molecule has 0 atom stereocenters. The highest BCUT2D eigenvalue weighted by Gasteiger charge is 2.30. The number of Topliss-reactive ketones (excluding diaryl/α,β-unsaturated/α-hetero) is 2. The summed E-state index contributed by atoms with van der Waals surface area (Å²) in [6, 6.07) is 0. The van der Waals surface area contributed by atoms with Crippen molar-refractivity contribution in [3.8, 4) is 11.8 Å². The lowest BCUT2D eigenvalue weighted by molar-refractivity contribution is -0.124. The van der Waals surface area contributed by atoms with Gasteiger partial charge in [0.1, 0.15) is 5.92 Å². The second-order valence-corrected chi connectivity index (χ2v) is 2.54. The Hall–Kier alpha value is -1.10. The van der Waals surface area contributed by atoms with Gasteiger partial charge in [-0.25, -0.2) is 0 Å². The van der Waals surface area contributed by atoms with Gasteiger partial charge in [0.25, 0.3) is 0 Å². The molecule has 0 bridgehead atoms. The van der Waals surface area contributed by atoms with E-state index in [0.29, 0.717) is 19.3 Å². The molecular weight excluding hydrogens is 140 g/mol. The first kappa shape index (κ1) is 8.00. The Morgan fingerprint density at radius 1 is 1.36 bits per heavy atom. The van der Waals surface area contributed by atoms with Crippen LogP contribution in [0.15, 0.2) is 0 Å². The first-order valence-electron chi connectivity index (χ1n) is 3.79. The van der Waals surface area contributed by atoms with Crippen molar-refractivity contribution in [3.63, 3.8) is 0 Å². The summed E-state index contributed by atoms with van der Waals surface area (Å²) in [4.78, 5) is 21.9. The normalized spacial score (nSPS) is 18.3. The van der Waals surface area contributed by atoms with Gasteiger partial charge in [0, 0.05) is 19.3 Å². The lowest BCUT2D eigenvalue weighted by Crippen LogP contribution is -2.11. The van der Waals surface area contributed by atoms with Gasteiger partial charge in [-0.15, -0.1) is 5.92 Å². The average molecular weight is 150 g/mol. The summed E-state index contributed by atoms with van der Waals surface area (Å²) >= 11 is 0. The van der Waals surface area contributed by atoms with Crippen molar-refractivity contribution in [2.75, 3.05) is 0 Å². The van der Waals surface area contributed by atoms with E-state index in [1.807, 2.05) is 6.92 Å². The molecule has 1 aliphatic carbocycles. The molecule has 0 aromatic carbocycles. The van der Waals surface area contributed by atoms with Crippen molar-refractivity contribution in [2.24, 2.45) is 5.92 Å². The fourth-order valence-electron chi connectivity index (χ4n) is 1.08. The molecule has 0 aliphatic heterocycles. The molecule has 2 heteroatoms. The predicted octanol–water partition coefficient (Wildman–Crippen LogP) is 0.948. The largest absolute Gasteiger partial charge is 0.298 e. The molecule has 0 aromatic rings. The number of rotatable bonds is 0. The standard InChI is InChI=1S/C9H10O2/c1-2-3-4-7-8(10)5-6-9(7)11/h7H,2,5-6H2,1H3. The lowest BCUT2D eigenvalue weighted by atomic mass is 10.1. The van der Waals surface area contributed by atoms with Gasteiger partial charge in [-0.3, -0.25) is 9.59 Å². The van der Waals surface area contributed by atoms with Crippen molar-refractivity contribution in [1.29, 1.82) is 0 Å². The topological polar surface area (TPSA) is 34.1 Å². The minimum atomic E-state index is -0.588. The van der Waals surface area contributed by atoms with E-state index in [1.165, 1.54) is 0 Å². The quantitative estimate of drug-likeness (QED) is 0.380. The Balaban J connectivity index is 2.69. The molecule has 58 valence electrons. The Morgan fingerprint density at radius 3 is 2.36 bits per heavy atom. The molecule has 0 radical (unpaired) electrons. The number of ketones is 2. The predicted molar refractivity (Wildman–Crippen MR) is 40.8 cm³/mol. The van der Waals surface area contributed by atoms with Gasteiger partial charge >= 0.3 is 0 Å². The van der Waals surface area contributed by atoms with Crippen LogP contribution in [0.1, 0.15) is 26.2 Å². The monoisotopic (exact) mass is 150 g/mol. The summed E-state index contributed by atoms with van der Waals surface area (Å²) in [5.41, 5.74) is 0. The van der Waals surface area contributed by atoms with Crippen LogP contribution in [0.2, 0.25) is 0 Å². The molecule has 0 unspecified atom stereocenters. The third-order valence-electron chi connectivity index (χ3n) is 1.68. The van der Waals surface area contributed by atoms with Gasteiger partial charge in [-0.1, -0.05) is 12.8 Å². The van der Waals surface area contributed by atoms with Gasteiger partial charge < -0.3 is 0 Å². The van der Waals surface area contributed by atoms with Gasteiger partial charge in [0.2, 0.25) is 0 Å². The highest BCUT2D eigenvalue weighted by molar-refractivity contribution is 6.11. The molecule has 2 nitrogen and oxygen atoms in total. The molecule has 0 heterocycles. The van der Waals surface area contributed by atoms with E-state index in [1.54, 1.807) is 0 Å². The second-order valence-electron chi connectivity index (χ2n) is 2.54. The number of hydrogen-bond acceptors (Lipinski definition) is 2. The fraction of sp³-hybridized carbons (Fsp3) is 0.556. The van der Waals surface area contributed by atoms with E-state index >= 15 is 0 Å². The van der Waals surface area contributed by atoms with Crippen LogP contribution in [0.25, 0.3) is 0 Å². The molecule has 1 rings (SSSR count). The maximum absolute atomic E-state index is 11.0. The van der Waals surface area contributed by atoms with Crippen LogP contribution in [0.3, 0.4) is 0 Å². The van der Waals surface area contributed by atoms with Crippen molar-refractivity contribution in [1.82, 2.24) is 0 Å². The molecule has 0 aromatic heterocycles. The van der Waals surface area contributed by atoms with E-state index < -0.39 is 5.92 Å². The molecule has 0 N–H and O–H groups in total. The van der Waals surface area contributed by atoms with Crippen LogP contribution in [-0.4, -0.2) is 11.6 Å². The fourth-order valence-corrected chi connectivity index (χ4v) is 1.08. The van der Waals surface area contributed by atoms with E-state index in [9.17, 15) is 9.59 Å². The molecule has 11 heavy (non-hydrogen) atoms. The lowest BCUT2D eigenvalue weighted by Gasteiger charge is -1.92. The molecule has 1 fully saturated rings. The Bertz CT molecular complexity index is 226. The minimum absolute atomic E-state index is 0.00375. The summed E-state index contributed by atoms with van der Waals surface area (Å²) < 4.78 is 0. The van der Waals surface area contributed by atoms with Crippen LogP contribution in [0.4, 0.5) is 0 Å². The molecular formula is C9H10O2. The van der Waals surface area contributed by atoms with E-state index in [-0.39, 0.29) is 11.6 Å². The molecule has 0 saturated heterocycles. The Labute approximate surface area is 66.0 Å². The highest BCUT2D eigenvalue weighted by Crippen LogP contribution is 2.16. The van der Waals surface area contributed by atoms with Gasteiger partial charge in [0.15, 0.2) is 11.6 Å². The van der Waals surface area contributed by atoms with Crippen LogP contribution < -0.4 is 0 Å². The summed E-state index contributed by atoms with van der Waals surface area (Å²) in [7, 11) is 0. The zero-order chi connectivity index (χ0) is 8.27.